The third-order valence-corrected chi connectivity index (χ3v) is 3.93. The fraction of sp³-hybridized carbons (Fsp3) is 0.846. The van der Waals surface area contributed by atoms with E-state index in [4.69, 9.17) is 0 Å². The van der Waals surface area contributed by atoms with Gasteiger partial charge >= 0.3 is 0 Å². The molecule has 1 fully saturated rings. The first-order valence-corrected chi connectivity index (χ1v) is 5.69. The van der Waals surface area contributed by atoms with Crippen LogP contribution in [-0.4, -0.2) is 0 Å². The Morgan fingerprint density at radius 3 is 2.23 bits per heavy atom. The molecule has 0 heteroatoms. The molecule has 1 aliphatic rings. The summed E-state index contributed by atoms with van der Waals surface area (Å²) < 4.78 is 0. The van der Waals surface area contributed by atoms with Crippen molar-refractivity contribution in [2.75, 3.05) is 0 Å². The van der Waals surface area contributed by atoms with Gasteiger partial charge in [0.15, 0.2) is 0 Å². The smallest absolute Gasteiger partial charge is 0.0287 e. The highest BCUT2D eigenvalue weighted by atomic mass is 14.4. The first-order valence-electron chi connectivity index (χ1n) is 5.69. The van der Waals surface area contributed by atoms with Gasteiger partial charge in [-0.2, -0.15) is 0 Å². The molecule has 0 spiro atoms. The Labute approximate surface area is 83.4 Å². The van der Waals surface area contributed by atoms with Crippen molar-refractivity contribution in [1.29, 1.82) is 0 Å². The van der Waals surface area contributed by atoms with E-state index in [1.165, 1.54) is 24.8 Å². The summed E-state index contributed by atoms with van der Waals surface area (Å²) in [5.74, 6) is 2.98. The first kappa shape index (κ1) is 10.8. The largest absolute Gasteiger partial charge is 0.0775 e. The number of allylic oxidation sites excluding steroid dienone is 2. The van der Waals surface area contributed by atoms with Gasteiger partial charge in [-0.25, -0.2) is 0 Å². The minimum atomic E-state index is 0.972. The molecule has 0 amide bonds. The van der Waals surface area contributed by atoms with Crippen molar-refractivity contribution in [2.24, 2.45) is 17.8 Å². The standard InChI is InChI=1S/C13H24/c1-6-12-7-11(5)13(12)8-10(4)9(2)3/h11-13H,6-8H2,1-5H3. The number of hydrogen-bond donors (Lipinski definition) is 0. The fourth-order valence-corrected chi connectivity index (χ4v) is 2.49. The molecule has 76 valence electrons. The van der Waals surface area contributed by atoms with E-state index in [0.29, 0.717) is 0 Å². The monoisotopic (exact) mass is 180 g/mol. The van der Waals surface area contributed by atoms with Crippen molar-refractivity contribution < 1.29 is 0 Å². The molecular formula is C13H24. The predicted molar refractivity (Wildman–Crippen MR) is 59.7 cm³/mol. The maximum atomic E-state index is 2.41. The second-order valence-corrected chi connectivity index (χ2v) is 5.03. The molecule has 0 N–H and O–H groups in total. The van der Waals surface area contributed by atoms with Crippen LogP contribution >= 0.6 is 0 Å². The lowest BCUT2D eigenvalue weighted by Gasteiger charge is -2.43. The van der Waals surface area contributed by atoms with E-state index in [1.54, 1.807) is 5.57 Å². The van der Waals surface area contributed by atoms with Gasteiger partial charge in [-0.15, -0.1) is 0 Å². The second kappa shape index (κ2) is 4.30. The molecule has 1 rings (SSSR count). The summed E-state index contributed by atoms with van der Waals surface area (Å²) in [6, 6.07) is 0. The van der Waals surface area contributed by atoms with Crippen molar-refractivity contribution in [3.05, 3.63) is 11.1 Å². The zero-order valence-corrected chi connectivity index (χ0v) is 9.85. The third kappa shape index (κ3) is 2.36. The molecule has 0 aliphatic heterocycles. The molecular weight excluding hydrogens is 156 g/mol. The van der Waals surface area contributed by atoms with E-state index < -0.39 is 0 Å². The maximum Gasteiger partial charge on any atom is -0.0287 e. The molecule has 1 aliphatic carbocycles. The van der Waals surface area contributed by atoms with Gasteiger partial charge in [0.05, 0.1) is 0 Å². The first-order chi connectivity index (χ1) is 6.06. The summed E-state index contributed by atoms with van der Waals surface area (Å²) in [6.07, 6.45) is 4.20. The Balaban J connectivity index is 2.49. The van der Waals surface area contributed by atoms with Crippen molar-refractivity contribution in [2.45, 2.75) is 53.9 Å². The van der Waals surface area contributed by atoms with E-state index in [0.717, 1.165) is 17.8 Å². The topological polar surface area (TPSA) is 0 Å². The summed E-state index contributed by atoms with van der Waals surface area (Å²) in [7, 11) is 0. The lowest BCUT2D eigenvalue weighted by Crippen LogP contribution is -2.34. The van der Waals surface area contributed by atoms with Gasteiger partial charge in [0, 0.05) is 0 Å². The molecule has 1 saturated carbocycles. The number of rotatable bonds is 3. The van der Waals surface area contributed by atoms with Crippen molar-refractivity contribution in [3.8, 4) is 0 Å². The zero-order valence-electron chi connectivity index (χ0n) is 9.85. The maximum absolute atomic E-state index is 2.41. The van der Waals surface area contributed by atoms with Gasteiger partial charge in [-0.05, 0) is 51.4 Å². The summed E-state index contributed by atoms with van der Waals surface area (Å²) in [6.45, 7) is 11.5. The van der Waals surface area contributed by atoms with Crippen LogP contribution in [0.5, 0.6) is 0 Å². The Morgan fingerprint density at radius 2 is 1.85 bits per heavy atom. The minimum absolute atomic E-state index is 0.972. The van der Waals surface area contributed by atoms with Crippen LogP contribution in [0.3, 0.4) is 0 Å². The zero-order chi connectivity index (χ0) is 10.0. The Hall–Kier alpha value is -0.260. The summed E-state index contributed by atoms with van der Waals surface area (Å²) >= 11 is 0. The van der Waals surface area contributed by atoms with E-state index >= 15 is 0 Å². The summed E-state index contributed by atoms with van der Waals surface area (Å²) in [4.78, 5) is 0. The van der Waals surface area contributed by atoms with Gasteiger partial charge < -0.3 is 0 Å². The highest BCUT2D eigenvalue weighted by Gasteiger charge is 2.36. The third-order valence-electron chi connectivity index (χ3n) is 3.93. The van der Waals surface area contributed by atoms with Gasteiger partial charge in [-0.1, -0.05) is 31.4 Å². The molecule has 3 atom stereocenters. The van der Waals surface area contributed by atoms with E-state index in [2.05, 4.69) is 34.6 Å². The van der Waals surface area contributed by atoms with Crippen LogP contribution < -0.4 is 0 Å². The molecule has 13 heavy (non-hydrogen) atoms. The Bertz CT molecular complexity index is 196. The van der Waals surface area contributed by atoms with Crippen molar-refractivity contribution >= 4 is 0 Å². The SMILES string of the molecule is CCC1CC(C)C1CC(C)=C(C)C. The number of hydrogen-bond acceptors (Lipinski definition) is 0. The molecule has 0 nitrogen and oxygen atoms in total. The van der Waals surface area contributed by atoms with Gasteiger partial charge in [0.2, 0.25) is 0 Å². The van der Waals surface area contributed by atoms with Crippen LogP contribution in [-0.2, 0) is 0 Å². The van der Waals surface area contributed by atoms with Crippen LogP contribution in [0.1, 0.15) is 53.9 Å². The molecule has 0 aromatic rings. The Morgan fingerprint density at radius 1 is 1.23 bits per heavy atom. The van der Waals surface area contributed by atoms with Crippen LogP contribution in [0, 0.1) is 17.8 Å². The lowest BCUT2D eigenvalue weighted by atomic mass is 9.62. The highest BCUT2D eigenvalue weighted by molar-refractivity contribution is 5.09. The average molecular weight is 180 g/mol. The van der Waals surface area contributed by atoms with Crippen LogP contribution in [0.2, 0.25) is 0 Å². The highest BCUT2D eigenvalue weighted by Crippen LogP contribution is 2.45. The molecule has 0 aromatic carbocycles. The van der Waals surface area contributed by atoms with Gasteiger partial charge in [-0.3, -0.25) is 0 Å². The van der Waals surface area contributed by atoms with Gasteiger partial charge in [0.1, 0.15) is 0 Å². The fourth-order valence-electron chi connectivity index (χ4n) is 2.49. The normalized spacial score (nSPS) is 32.5. The Kier molecular flexibility index (Phi) is 3.58. The molecule has 3 unspecified atom stereocenters. The molecule has 0 aromatic heterocycles. The van der Waals surface area contributed by atoms with Crippen LogP contribution in [0.4, 0.5) is 0 Å². The molecule has 0 saturated heterocycles. The van der Waals surface area contributed by atoms with E-state index in [-0.39, 0.29) is 0 Å². The quantitative estimate of drug-likeness (QED) is 0.564. The van der Waals surface area contributed by atoms with E-state index in [1.807, 2.05) is 0 Å². The second-order valence-electron chi connectivity index (χ2n) is 5.03. The van der Waals surface area contributed by atoms with E-state index in [9.17, 15) is 0 Å². The summed E-state index contributed by atoms with van der Waals surface area (Å²) in [5, 5.41) is 0. The minimum Gasteiger partial charge on any atom is -0.0775 e. The average Bonchev–Trinajstić information content (AvgIpc) is 2.09. The predicted octanol–water partition coefficient (Wildman–Crippen LogP) is 4.42. The van der Waals surface area contributed by atoms with Crippen molar-refractivity contribution in [3.63, 3.8) is 0 Å². The molecule has 0 heterocycles. The van der Waals surface area contributed by atoms with Crippen LogP contribution in [0.25, 0.3) is 0 Å². The van der Waals surface area contributed by atoms with Gasteiger partial charge in [0.25, 0.3) is 0 Å². The lowest BCUT2D eigenvalue weighted by molar-refractivity contribution is 0.0822. The van der Waals surface area contributed by atoms with Crippen LogP contribution in [0.15, 0.2) is 11.1 Å². The van der Waals surface area contributed by atoms with Crippen molar-refractivity contribution in [1.82, 2.24) is 0 Å². The molecule has 0 radical (unpaired) electrons. The summed E-state index contributed by atoms with van der Waals surface area (Å²) in [5.41, 5.74) is 3.14. The molecule has 0 bridgehead atoms.